The van der Waals surface area contributed by atoms with E-state index < -0.39 is 0 Å². The van der Waals surface area contributed by atoms with E-state index in [2.05, 4.69) is 43.2 Å². The predicted molar refractivity (Wildman–Crippen MR) is 69.2 cm³/mol. The minimum absolute atomic E-state index is 0.604. The fourth-order valence-corrected chi connectivity index (χ4v) is 1.73. The number of hydrogen-bond donors (Lipinski definition) is 1. The highest BCUT2D eigenvalue weighted by atomic mass is 14.9. The molecular weight excluding hydrogens is 196 g/mol. The quantitative estimate of drug-likeness (QED) is 0.762. The molecule has 1 aromatic heterocycles. The van der Waals surface area contributed by atoms with E-state index in [0.717, 1.165) is 12.5 Å². The fourth-order valence-electron chi connectivity index (χ4n) is 1.73. The molecule has 0 fully saturated rings. The van der Waals surface area contributed by atoms with Crippen LogP contribution in [-0.2, 0) is 6.54 Å². The summed E-state index contributed by atoms with van der Waals surface area (Å²) in [6, 6.07) is 4.73. The largest absolute Gasteiger partial charge is 0.310 e. The molecule has 90 valence electrons. The molecule has 1 rings (SSSR count). The summed E-state index contributed by atoms with van der Waals surface area (Å²) in [5.41, 5.74) is 1.31. The van der Waals surface area contributed by atoms with Crippen LogP contribution in [0.1, 0.15) is 45.6 Å². The van der Waals surface area contributed by atoms with Crippen LogP contribution >= 0.6 is 0 Å². The van der Waals surface area contributed by atoms with Crippen LogP contribution in [0.2, 0.25) is 0 Å². The minimum atomic E-state index is 0.604. The third kappa shape index (κ3) is 5.86. The van der Waals surface area contributed by atoms with Gasteiger partial charge in [0.15, 0.2) is 0 Å². The molecule has 1 aromatic rings. The summed E-state index contributed by atoms with van der Waals surface area (Å²) in [4.78, 5) is 4.01. The second kappa shape index (κ2) is 7.39. The van der Waals surface area contributed by atoms with E-state index in [9.17, 15) is 0 Å². The third-order valence-corrected chi connectivity index (χ3v) is 2.82. The molecule has 0 bridgehead atoms. The van der Waals surface area contributed by atoms with Gasteiger partial charge in [-0.25, -0.2) is 0 Å². The van der Waals surface area contributed by atoms with Gasteiger partial charge in [-0.05, 0) is 37.0 Å². The Hall–Kier alpha value is -0.890. The Kier molecular flexibility index (Phi) is 6.09. The zero-order valence-corrected chi connectivity index (χ0v) is 10.7. The van der Waals surface area contributed by atoms with Crippen molar-refractivity contribution in [2.45, 2.75) is 52.6 Å². The van der Waals surface area contributed by atoms with Gasteiger partial charge in [0.1, 0.15) is 0 Å². The second-order valence-corrected chi connectivity index (χ2v) is 4.96. The normalized spacial score (nSPS) is 13.0. The first-order valence-electron chi connectivity index (χ1n) is 6.30. The number of rotatable bonds is 7. The Morgan fingerprint density at radius 3 is 2.44 bits per heavy atom. The third-order valence-electron chi connectivity index (χ3n) is 2.82. The number of hydrogen-bond acceptors (Lipinski definition) is 2. The van der Waals surface area contributed by atoms with E-state index in [1.807, 2.05) is 12.4 Å². The molecular formula is C14H24N2. The topological polar surface area (TPSA) is 24.9 Å². The second-order valence-electron chi connectivity index (χ2n) is 4.96. The van der Waals surface area contributed by atoms with Gasteiger partial charge >= 0.3 is 0 Å². The summed E-state index contributed by atoms with van der Waals surface area (Å²) in [7, 11) is 0. The first kappa shape index (κ1) is 13.2. The Morgan fingerprint density at radius 1 is 1.12 bits per heavy atom. The molecule has 0 amide bonds. The molecule has 0 aromatic carbocycles. The molecule has 2 nitrogen and oxygen atoms in total. The number of nitrogens with zero attached hydrogens (tertiary/aromatic N) is 1. The van der Waals surface area contributed by atoms with Crippen LogP contribution in [-0.4, -0.2) is 11.0 Å². The van der Waals surface area contributed by atoms with Crippen molar-refractivity contribution in [3.63, 3.8) is 0 Å². The molecule has 0 aliphatic rings. The minimum Gasteiger partial charge on any atom is -0.310 e. The van der Waals surface area contributed by atoms with Crippen LogP contribution in [0, 0.1) is 5.92 Å². The SMILES string of the molecule is CC(C)CCCC(C)NCc1ccncc1. The molecule has 16 heavy (non-hydrogen) atoms. The van der Waals surface area contributed by atoms with Crippen LogP contribution in [0.3, 0.4) is 0 Å². The van der Waals surface area contributed by atoms with Crippen molar-refractivity contribution in [2.75, 3.05) is 0 Å². The molecule has 0 saturated carbocycles. The van der Waals surface area contributed by atoms with Gasteiger partial charge in [-0.15, -0.1) is 0 Å². The van der Waals surface area contributed by atoms with Gasteiger partial charge in [-0.2, -0.15) is 0 Å². The summed E-state index contributed by atoms with van der Waals surface area (Å²) in [6.45, 7) is 7.79. The zero-order chi connectivity index (χ0) is 11.8. The van der Waals surface area contributed by atoms with E-state index >= 15 is 0 Å². The molecule has 0 aliphatic heterocycles. The van der Waals surface area contributed by atoms with Crippen molar-refractivity contribution in [3.05, 3.63) is 30.1 Å². The summed E-state index contributed by atoms with van der Waals surface area (Å²) in [5, 5.41) is 3.54. The summed E-state index contributed by atoms with van der Waals surface area (Å²) >= 11 is 0. The average molecular weight is 220 g/mol. The maximum absolute atomic E-state index is 4.01. The lowest BCUT2D eigenvalue weighted by Crippen LogP contribution is -2.25. The summed E-state index contributed by atoms with van der Waals surface area (Å²) in [5.74, 6) is 0.826. The number of aromatic nitrogens is 1. The van der Waals surface area contributed by atoms with Crippen molar-refractivity contribution in [2.24, 2.45) is 5.92 Å². The first-order valence-corrected chi connectivity index (χ1v) is 6.30. The van der Waals surface area contributed by atoms with Gasteiger partial charge in [0.05, 0.1) is 0 Å². The van der Waals surface area contributed by atoms with Crippen LogP contribution in [0.5, 0.6) is 0 Å². The predicted octanol–water partition coefficient (Wildman–Crippen LogP) is 3.39. The van der Waals surface area contributed by atoms with E-state index in [1.165, 1.54) is 24.8 Å². The summed E-state index contributed by atoms with van der Waals surface area (Å²) < 4.78 is 0. The van der Waals surface area contributed by atoms with Gasteiger partial charge in [0.2, 0.25) is 0 Å². The molecule has 1 N–H and O–H groups in total. The Labute approximate surface area is 99.5 Å². The summed E-state index contributed by atoms with van der Waals surface area (Å²) in [6.07, 6.45) is 7.62. The molecule has 0 saturated heterocycles. The van der Waals surface area contributed by atoms with E-state index in [1.54, 1.807) is 0 Å². The monoisotopic (exact) mass is 220 g/mol. The first-order chi connectivity index (χ1) is 7.68. The van der Waals surface area contributed by atoms with Crippen molar-refractivity contribution >= 4 is 0 Å². The van der Waals surface area contributed by atoms with Crippen molar-refractivity contribution < 1.29 is 0 Å². The molecule has 0 radical (unpaired) electrons. The number of nitrogens with one attached hydrogen (secondary N) is 1. The molecule has 1 heterocycles. The Bertz CT molecular complexity index is 269. The highest BCUT2D eigenvalue weighted by molar-refractivity contribution is 5.09. The standard InChI is InChI=1S/C14H24N2/c1-12(2)5-4-6-13(3)16-11-14-7-9-15-10-8-14/h7-10,12-13,16H,4-6,11H2,1-3H3. The smallest absolute Gasteiger partial charge is 0.0271 e. The van der Waals surface area contributed by atoms with Gasteiger partial charge in [-0.3, -0.25) is 4.98 Å². The van der Waals surface area contributed by atoms with Gasteiger partial charge in [0, 0.05) is 25.0 Å². The van der Waals surface area contributed by atoms with E-state index in [-0.39, 0.29) is 0 Å². The maximum Gasteiger partial charge on any atom is 0.0271 e. The molecule has 2 heteroatoms. The van der Waals surface area contributed by atoms with E-state index in [4.69, 9.17) is 0 Å². The average Bonchev–Trinajstić information content (AvgIpc) is 2.27. The maximum atomic E-state index is 4.01. The molecule has 0 spiro atoms. The molecule has 1 unspecified atom stereocenters. The number of pyridine rings is 1. The van der Waals surface area contributed by atoms with Crippen LogP contribution in [0.25, 0.3) is 0 Å². The highest BCUT2D eigenvalue weighted by Crippen LogP contribution is 2.08. The highest BCUT2D eigenvalue weighted by Gasteiger charge is 2.02. The van der Waals surface area contributed by atoms with Crippen LogP contribution < -0.4 is 5.32 Å². The van der Waals surface area contributed by atoms with E-state index in [0.29, 0.717) is 6.04 Å². The van der Waals surface area contributed by atoms with Gasteiger partial charge in [0.25, 0.3) is 0 Å². The van der Waals surface area contributed by atoms with Crippen molar-refractivity contribution in [1.82, 2.24) is 10.3 Å². The lowest BCUT2D eigenvalue weighted by atomic mass is 10.0. The van der Waals surface area contributed by atoms with Crippen LogP contribution in [0.15, 0.2) is 24.5 Å². The van der Waals surface area contributed by atoms with Gasteiger partial charge < -0.3 is 5.32 Å². The van der Waals surface area contributed by atoms with Crippen LogP contribution in [0.4, 0.5) is 0 Å². The fraction of sp³-hybridized carbons (Fsp3) is 0.643. The van der Waals surface area contributed by atoms with Crippen molar-refractivity contribution in [1.29, 1.82) is 0 Å². The lowest BCUT2D eigenvalue weighted by molar-refractivity contribution is 0.457. The van der Waals surface area contributed by atoms with Crippen molar-refractivity contribution in [3.8, 4) is 0 Å². The Balaban J connectivity index is 2.13. The van der Waals surface area contributed by atoms with Gasteiger partial charge in [-0.1, -0.05) is 26.7 Å². The lowest BCUT2D eigenvalue weighted by Gasteiger charge is -2.14. The zero-order valence-electron chi connectivity index (χ0n) is 10.7. The molecule has 0 aliphatic carbocycles. The Morgan fingerprint density at radius 2 is 1.81 bits per heavy atom. The molecule has 1 atom stereocenters.